The molecule has 3 amide bonds. The Morgan fingerprint density at radius 3 is 2.56 bits per heavy atom. The van der Waals surface area contributed by atoms with Gasteiger partial charge in [0.1, 0.15) is 12.1 Å². The number of hydrogen-bond acceptors (Lipinski definition) is 8. The summed E-state index contributed by atoms with van der Waals surface area (Å²) in [6.07, 6.45) is -2.82. The summed E-state index contributed by atoms with van der Waals surface area (Å²) in [4.78, 5) is 40.2. The van der Waals surface area contributed by atoms with Crippen molar-refractivity contribution in [3.05, 3.63) is 89.7 Å². The second-order valence-electron chi connectivity index (χ2n) is 9.73. The van der Waals surface area contributed by atoms with Gasteiger partial charge in [-0.2, -0.15) is 4.99 Å². The third-order valence-corrected chi connectivity index (χ3v) is 7.36. The minimum absolute atomic E-state index is 0.160. The molecule has 1 fully saturated rings. The molecule has 15 heteroatoms. The lowest BCUT2D eigenvalue weighted by Gasteiger charge is -2.20. The number of carbonyl (C=O) groups excluding carboxylic acids is 2. The molecule has 11 nitrogen and oxygen atoms in total. The molecule has 2 heterocycles. The maximum Gasteiger partial charge on any atom is 0.573 e. The van der Waals surface area contributed by atoms with Crippen LogP contribution in [0.25, 0.3) is 17.1 Å². The fourth-order valence-electron chi connectivity index (χ4n) is 4.37. The average molecular weight is 641 g/mol. The number of alkyl halides is 3. The van der Waals surface area contributed by atoms with Gasteiger partial charge in [0.15, 0.2) is 11.0 Å². The highest BCUT2D eigenvalue weighted by Crippen LogP contribution is 2.31. The van der Waals surface area contributed by atoms with E-state index in [0.717, 1.165) is 22.3 Å². The third-order valence-electron chi connectivity index (χ3n) is 6.44. The maximum atomic E-state index is 12.7. The van der Waals surface area contributed by atoms with Gasteiger partial charge in [-0.1, -0.05) is 48.2 Å². The number of carbonyl (C=O) groups is 2. The molecule has 3 aromatic carbocycles. The summed E-state index contributed by atoms with van der Waals surface area (Å²) in [7, 11) is 1.57. The highest BCUT2D eigenvalue weighted by molar-refractivity contribution is 8.15. The van der Waals surface area contributed by atoms with Crippen LogP contribution in [0.15, 0.2) is 78.0 Å². The first-order valence-corrected chi connectivity index (χ1v) is 14.5. The molecular formula is C30H27F3N6O5S. The number of rotatable bonds is 10. The van der Waals surface area contributed by atoms with Crippen molar-refractivity contribution >= 4 is 34.6 Å². The van der Waals surface area contributed by atoms with Crippen LogP contribution < -0.4 is 15.1 Å². The lowest BCUT2D eigenvalue weighted by atomic mass is 10.1. The number of amides is 3. The fraction of sp³-hybridized carbons (Fsp3) is 0.233. The zero-order valence-electron chi connectivity index (χ0n) is 24.1. The predicted molar refractivity (Wildman–Crippen MR) is 161 cm³/mol. The van der Waals surface area contributed by atoms with Gasteiger partial charge in [0, 0.05) is 18.2 Å². The monoisotopic (exact) mass is 640 g/mol. The Morgan fingerprint density at radius 2 is 1.84 bits per heavy atom. The van der Waals surface area contributed by atoms with Gasteiger partial charge in [0.05, 0.1) is 30.3 Å². The molecule has 4 aromatic rings. The zero-order chi connectivity index (χ0) is 32.0. The van der Waals surface area contributed by atoms with E-state index < -0.39 is 12.4 Å². The van der Waals surface area contributed by atoms with E-state index in [2.05, 4.69) is 25.3 Å². The summed E-state index contributed by atoms with van der Waals surface area (Å²) >= 11 is 1.17. The van der Waals surface area contributed by atoms with Gasteiger partial charge >= 0.3 is 12.4 Å². The molecule has 0 bridgehead atoms. The molecule has 0 spiro atoms. The van der Waals surface area contributed by atoms with Crippen LogP contribution in [0, 0.1) is 6.92 Å². The number of methoxy groups -OCH3 is 1. The molecule has 0 radical (unpaired) electrons. The lowest BCUT2D eigenvalue weighted by Crippen LogP contribution is -2.32. The second kappa shape index (κ2) is 13.9. The van der Waals surface area contributed by atoms with Crippen molar-refractivity contribution in [2.75, 3.05) is 24.4 Å². The highest BCUT2D eigenvalue weighted by atomic mass is 32.2. The van der Waals surface area contributed by atoms with Crippen molar-refractivity contribution in [3.8, 4) is 22.8 Å². The summed E-state index contributed by atoms with van der Waals surface area (Å²) in [5.41, 5.74) is 6.84. The number of urea groups is 1. The summed E-state index contributed by atoms with van der Waals surface area (Å²) in [6, 6.07) is 17.6. The molecule has 0 saturated carbocycles. The van der Waals surface area contributed by atoms with Gasteiger partial charge in [-0.05, 0) is 54.8 Å². The molecule has 45 heavy (non-hydrogen) atoms. The van der Waals surface area contributed by atoms with Crippen molar-refractivity contribution in [1.29, 1.82) is 0 Å². The van der Waals surface area contributed by atoms with E-state index >= 15 is 0 Å². The van der Waals surface area contributed by atoms with Crippen molar-refractivity contribution in [3.63, 3.8) is 0 Å². The second-order valence-corrected chi connectivity index (χ2v) is 10.7. The molecule has 234 valence electrons. The van der Waals surface area contributed by atoms with Crippen LogP contribution in [0.1, 0.15) is 16.7 Å². The Kier molecular flexibility index (Phi) is 9.80. The molecule has 1 aromatic heterocycles. The normalized spacial score (nSPS) is 14.3. The first kappa shape index (κ1) is 31.7. The maximum absolute atomic E-state index is 12.7. The smallest absolute Gasteiger partial charge is 0.406 e. The summed E-state index contributed by atoms with van der Waals surface area (Å²) in [5.74, 6) is 0.0731. The van der Waals surface area contributed by atoms with Crippen LogP contribution in [0.4, 0.5) is 23.7 Å². The molecule has 0 atom stereocenters. The van der Waals surface area contributed by atoms with Crippen molar-refractivity contribution < 1.29 is 37.1 Å². The van der Waals surface area contributed by atoms with Crippen molar-refractivity contribution in [2.24, 2.45) is 4.99 Å². The van der Waals surface area contributed by atoms with Gasteiger partial charge in [0.2, 0.25) is 5.91 Å². The molecule has 0 aliphatic carbocycles. The summed E-state index contributed by atoms with van der Waals surface area (Å²) in [5, 5.41) is 4.65. The fourth-order valence-corrected chi connectivity index (χ4v) is 5.23. The third kappa shape index (κ3) is 8.26. The van der Waals surface area contributed by atoms with Gasteiger partial charge in [-0.3, -0.25) is 14.5 Å². The molecule has 1 N–H and O–H groups in total. The SMILES string of the molecule is COCc1ccc(C)cc1N1C(=O)CSC1=NC(=O)NOCCc1ccc(-c2ncn(-c3ccc(OC(F)(F)F)cc3)n2)cc1. The number of aromatic nitrogens is 3. The van der Waals surface area contributed by atoms with E-state index in [1.807, 2.05) is 49.4 Å². The van der Waals surface area contributed by atoms with Gasteiger partial charge < -0.3 is 9.47 Å². The Hall–Kier alpha value is -4.73. The van der Waals surface area contributed by atoms with Crippen LogP contribution in [0.3, 0.4) is 0 Å². The average Bonchev–Trinajstić information content (AvgIpc) is 3.63. The Morgan fingerprint density at radius 1 is 1.09 bits per heavy atom. The number of anilines is 1. The number of hydrogen-bond donors (Lipinski definition) is 1. The molecule has 1 saturated heterocycles. The number of aliphatic imine (C=N–C) groups is 1. The Bertz CT molecular complexity index is 1690. The quantitative estimate of drug-likeness (QED) is 0.176. The zero-order valence-corrected chi connectivity index (χ0v) is 24.9. The van der Waals surface area contributed by atoms with Crippen LogP contribution in [0.2, 0.25) is 0 Å². The number of amidine groups is 1. The number of halogens is 3. The molecule has 5 rings (SSSR count). The number of ether oxygens (including phenoxy) is 2. The number of benzene rings is 3. The predicted octanol–water partition coefficient (Wildman–Crippen LogP) is 5.61. The first-order valence-electron chi connectivity index (χ1n) is 13.5. The van der Waals surface area contributed by atoms with Crippen LogP contribution >= 0.6 is 11.8 Å². The van der Waals surface area contributed by atoms with E-state index in [1.165, 1.54) is 51.9 Å². The van der Waals surface area contributed by atoms with E-state index in [-0.39, 0.29) is 29.2 Å². The van der Waals surface area contributed by atoms with Gasteiger partial charge in [0.25, 0.3) is 0 Å². The van der Waals surface area contributed by atoms with Crippen molar-refractivity contribution in [2.45, 2.75) is 26.3 Å². The minimum atomic E-state index is -4.76. The highest BCUT2D eigenvalue weighted by Gasteiger charge is 2.32. The largest absolute Gasteiger partial charge is 0.573 e. The van der Waals surface area contributed by atoms with E-state index in [1.54, 1.807) is 7.11 Å². The standard InChI is InChI=1S/C30H27F3N6O5S/c1-19-3-6-22(16-42-2)25(15-19)39-26(40)17-45-29(39)35-28(41)37-43-14-13-20-4-7-21(8-5-20)27-34-18-38(36-27)23-9-11-24(12-10-23)44-30(31,32)33/h3-12,15,18H,13-14,16-17H2,1-2H3,(H,37,41). The molecule has 1 aliphatic heterocycles. The van der Waals surface area contributed by atoms with E-state index in [9.17, 15) is 22.8 Å². The van der Waals surface area contributed by atoms with Crippen LogP contribution in [-0.2, 0) is 27.4 Å². The van der Waals surface area contributed by atoms with E-state index in [4.69, 9.17) is 9.57 Å². The molecule has 1 aliphatic rings. The van der Waals surface area contributed by atoms with Gasteiger partial charge in [-0.25, -0.2) is 19.9 Å². The topological polar surface area (TPSA) is 120 Å². The Balaban J connectivity index is 1.13. The number of hydroxylamine groups is 1. The van der Waals surface area contributed by atoms with Crippen LogP contribution in [-0.4, -0.2) is 57.7 Å². The Labute approximate surface area is 260 Å². The number of thioether (sulfide) groups is 1. The molecule has 0 unspecified atom stereocenters. The number of nitrogens with one attached hydrogen (secondary N) is 1. The first-order chi connectivity index (χ1) is 21.6. The van der Waals surface area contributed by atoms with Crippen LogP contribution in [0.5, 0.6) is 5.75 Å². The summed E-state index contributed by atoms with van der Waals surface area (Å²) in [6.45, 7) is 2.38. The van der Waals surface area contributed by atoms with Gasteiger partial charge in [-0.15, -0.1) is 18.3 Å². The lowest BCUT2D eigenvalue weighted by molar-refractivity contribution is -0.274. The number of nitrogens with zero attached hydrogens (tertiary/aromatic N) is 5. The van der Waals surface area contributed by atoms with E-state index in [0.29, 0.717) is 30.2 Å². The molecular weight excluding hydrogens is 613 g/mol. The minimum Gasteiger partial charge on any atom is -0.406 e. The summed E-state index contributed by atoms with van der Waals surface area (Å²) < 4.78 is 47.8. The van der Waals surface area contributed by atoms with Crippen molar-refractivity contribution in [1.82, 2.24) is 20.2 Å². The number of aryl methyl sites for hydroxylation is 1.